The zero-order valence-electron chi connectivity index (χ0n) is 21.1. The average molecular weight is 576 g/mol. The van der Waals surface area contributed by atoms with Crippen LogP contribution in [0.25, 0.3) is 10.9 Å². The highest BCUT2D eigenvalue weighted by atomic mass is 32.2. The lowest BCUT2D eigenvalue weighted by atomic mass is 10.2. The van der Waals surface area contributed by atoms with Crippen molar-refractivity contribution in [2.24, 2.45) is 4.99 Å². The van der Waals surface area contributed by atoms with Gasteiger partial charge in [-0.1, -0.05) is 29.0 Å². The fourth-order valence-electron chi connectivity index (χ4n) is 4.41. The van der Waals surface area contributed by atoms with Crippen LogP contribution >= 0.6 is 11.8 Å². The van der Waals surface area contributed by atoms with Crippen LogP contribution in [0.1, 0.15) is 12.6 Å². The number of pyridine rings is 1. The third-order valence-corrected chi connectivity index (χ3v) is 10.6. The Kier molecular flexibility index (Phi) is 8.00. The predicted molar refractivity (Wildman–Crippen MR) is 151 cm³/mol. The van der Waals surface area contributed by atoms with E-state index < -0.39 is 21.2 Å². The topological polar surface area (TPSA) is 131 Å². The Morgan fingerprint density at radius 2 is 2.08 bits per heavy atom. The van der Waals surface area contributed by atoms with Crippen molar-refractivity contribution in [1.29, 1.82) is 0 Å². The molecule has 3 aromatic rings. The molecule has 0 spiro atoms. The van der Waals surface area contributed by atoms with Crippen molar-refractivity contribution in [3.05, 3.63) is 48.3 Å². The number of rotatable bonds is 9. The fraction of sp³-hybridized carbons (Fsp3) is 0.400. The minimum atomic E-state index is -3.95. The first-order chi connectivity index (χ1) is 18.2. The number of carbonyl (C=O) groups is 1. The van der Waals surface area contributed by atoms with Gasteiger partial charge < -0.3 is 14.3 Å². The largest absolute Gasteiger partial charge is 0.616 e. The molecule has 2 aliphatic rings. The van der Waals surface area contributed by atoms with Crippen LogP contribution in [0.2, 0.25) is 0 Å². The molecule has 1 unspecified atom stereocenters. The summed E-state index contributed by atoms with van der Waals surface area (Å²) in [5.41, 5.74) is 1.78. The molecule has 2 aromatic heterocycles. The zero-order chi connectivity index (χ0) is 26.9. The number of nitrogens with zero attached hydrogens (tertiary/aromatic N) is 4. The van der Waals surface area contributed by atoms with E-state index in [2.05, 4.69) is 14.9 Å². The van der Waals surface area contributed by atoms with Gasteiger partial charge in [-0.05, 0) is 31.2 Å². The molecule has 10 nitrogen and oxygen atoms in total. The van der Waals surface area contributed by atoms with Crippen molar-refractivity contribution >= 4 is 60.4 Å². The fourth-order valence-corrected chi connectivity index (χ4v) is 7.80. The zero-order valence-corrected chi connectivity index (χ0v) is 23.6. The Labute approximate surface area is 229 Å². The number of H-pyrrole nitrogens is 1. The van der Waals surface area contributed by atoms with Crippen LogP contribution in [0.15, 0.2) is 52.6 Å². The summed E-state index contributed by atoms with van der Waals surface area (Å²) in [6.07, 6.45) is 1.44. The quantitative estimate of drug-likeness (QED) is 0.385. The van der Waals surface area contributed by atoms with Gasteiger partial charge in [0.25, 0.3) is 10.0 Å². The van der Waals surface area contributed by atoms with E-state index >= 15 is 0 Å². The smallest absolute Gasteiger partial charge is 0.281 e. The maximum absolute atomic E-state index is 13.4. The van der Waals surface area contributed by atoms with Gasteiger partial charge in [0.2, 0.25) is 0 Å². The molecular formula is C25H29N5O5S3. The van der Waals surface area contributed by atoms with Gasteiger partial charge in [0, 0.05) is 49.6 Å². The number of carbonyl (C=O) groups excluding carboxylic acids is 1. The monoisotopic (exact) mass is 575 g/mol. The molecule has 0 saturated carbocycles. The molecule has 0 bridgehead atoms. The molecular weight excluding hydrogens is 547 g/mol. The van der Waals surface area contributed by atoms with Crippen molar-refractivity contribution in [3.8, 4) is 5.75 Å². The number of aliphatic imine (C=N–C) groups is 1. The van der Waals surface area contributed by atoms with Gasteiger partial charge in [-0.25, -0.2) is 4.98 Å². The van der Waals surface area contributed by atoms with E-state index in [1.807, 2.05) is 6.07 Å². The highest BCUT2D eigenvalue weighted by molar-refractivity contribution is 8.15. The normalized spacial score (nSPS) is 19.0. The van der Waals surface area contributed by atoms with E-state index in [4.69, 9.17) is 9.73 Å². The van der Waals surface area contributed by atoms with Crippen LogP contribution in [-0.2, 0) is 26.0 Å². The molecule has 0 radical (unpaired) electrons. The number of hydrogen-bond donors (Lipinski definition) is 1. The number of aromatic nitrogens is 2. The van der Waals surface area contributed by atoms with Crippen molar-refractivity contribution in [3.63, 3.8) is 0 Å². The Hall–Kier alpha value is -2.58. The number of sulfonamides is 1. The first-order valence-electron chi connectivity index (χ1n) is 12.2. The summed E-state index contributed by atoms with van der Waals surface area (Å²) in [4.78, 5) is 26.0. The highest BCUT2D eigenvalue weighted by Crippen LogP contribution is 2.36. The number of ketones is 1. The summed E-state index contributed by atoms with van der Waals surface area (Å²) in [7, 11) is -2.48. The van der Waals surface area contributed by atoms with Crippen LogP contribution in [0, 0.1) is 0 Å². The van der Waals surface area contributed by atoms with Gasteiger partial charge in [-0.15, -0.1) is 0 Å². The van der Waals surface area contributed by atoms with Crippen LogP contribution in [0.3, 0.4) is 0 Å². The number of ether oxygens (including phenoxy) is 1. The van der Waals surface area contributed by atoms with Crippen molar-refractivity contribution < 1.29 is 22.5 Å². The second-order valence-electron chi connectivity index (χ2n) is 9.26. The van der Waals surface area contributed by atoms with E-state index in [-0.39, 0.29) is 17.4 Å². The number of anilines is 1. The lowest BCUT2D eigenvalue weighted by Crippen LogP contribution is -2.43. The third kappa shape index (κ3) is 5.86. The molecule has 0 amide bonds. The summed E-state index contributed by atoms with van der Waals surface area (Å²) in [5, 5.41) is 1.82. The second kappa shape index (κ2) is 11.3. The second-order valence-corrected chi connectivity index (χ2v) is 14.2. The lowest BCUT2D eigenvalue weighted by molar-refractivity contribution is -0.118. The molecule has 1 fully saturated rings. The SMILES string of the molecule is CC(=O)COc1cc(N(C)S(=O)(=O)c2ccccn2)c2[nH]c(C3=NCC(CN4CC[S+]([O-])CC4)S3)cc2c1. The van der Waals surface area contributed by atoms with Crippen LogP contribution in [-0.4, -0.2) is 95.3 Å². The number of benzene rings is 1. The summed E-state index contributed by atoms with van der Waals surface area (Å²) < 4.78 is 45.2. The number of hydrogen-bond acceptors (Lipinski definition) is 9. The molecule has 1 aromatic carbocycles. The summed E-state index contributed by atoms with van der Waals surface area (Å²) >= 11 is 0.989. The first kappa shape index (κ1) is 27.0. The maximum Gasteiger partial charge on any atom is 0.281 e. The van der Waals surface area contributed by atoms with Gasteiger partial charge in [0.1, 0.15) is 28.9 Å². The van der Waals surface area contributed by atoms with E-state index in [9.17, 15) is 17.8 Å². The predicted octanol–water partition coefficient (Wildman–Crippen LogP) is 2.28. The molecule has 4 heterocycles. The number of nitrogens with one attached hydrogen (secondary N) is 1. The summed E-state index contributed by atoms with van der Waals surface area (Å²) in [5.74, 6) is 1.69. The van der Waals surface area contributed by atoms with E-state index in [1.165, 1.54) is 30.5 Å². The van der Waals surface area contributed by atoms with Crippen molar-refractivity contribution in [2.45, 2.75) is 17.2 Å². The van der Waals surface area contributed by atoms with Crippen LogP contribution in [0.5, 0.6) is 5.75 Å². The highest BCUT2D eigenvalue weighted by Gasteiger charge is 2.29. The van der Waals surface area contributed by atoms with Crippen molar-refractivity contribution in [1.82, 2.24) is 14.9 Å². The molecule has 5 rings (SSSR count). The van der Waals surface area contributed by atoms with E-state index in [1.54, 1.807) is 36.0 Å². The standard InChI is InChI=1S/C25H29N5O5S3/c1-17(31)16-35-19-11-18-12-21(25-27-14-20(36-25)15-30-7-9-37(32)10-8-30)28-24(18)22(13-19)29(2)38(33,34)23-5-3-4-6-26-23/h3-6,11-13,20,28H,7-10,14-16H2,1-2H3. The summed E-state index contributed by atoms with van der Waals surface area (Å²) in [6, 6.07) is 10.1. The Bertz CT molecular complexity index is 1450. The molecule has 13 heteroatoms. The van der Waals surface area contributed by atoms with Gasteiger partial charge in [-0.3, -0.25) is 19.0 Å². The van der Waals surface area contributed by atoms with Gasteiger partial charge in [-0.2, -0.15) is 8.42 Å². The van der Waals surface area contributed by atoms with Crippen LogP contribution in [0.4, 0.5) is 5.69 Å². The molecule has 1 N–H and O–H groups in total. The van der Waals surface area contributed by atoms with E-state index in [0.29, 0.717) is 28.7 Å². The lowest BCUT2D eigenvalue weighted by Gasteiger charge is -2.29. The molecule has 2 aliphatic heterocycles. The number of thioether (sulfide) groups is 1. The first-order valence-corrected chi connectivity index (χ1v) is 16.0. The van der Waals surface area contributed by atoms with Crippen molar-refractivity contribution in [2.75, 3.05) is 55.6 Å². The van der Waals surface area contributed by atoms with Gasteiger partial charge in [0.05, 0.1) is 23.4 Å². The molecule has 38 heavy (non-hydrogen) atoms. The number of fused-ring (bicyclic) bond motifs is 1. The van der Waals surface area contributed by atoms with Crippen LogP contribution < -0.4 is 9.04 Å². The Balaban J connectivity index is 1.43. The summed E-state index contributed by atoms with van der Waals surface area (Å²) in [6.45, 7) is 4.56. The minimum absolute atomic E-state index is 0.0717. The molecule has 0 aliphatic carbocycles. The molecule has 1 atom stereocenters. The Morgan fingerprint density at radius 1 is 1.29 bits per heavy atom. The average Bonchev–Trinajstić information content (AvgIpc) is 3.55. The minimum Gasteiger partial charge on any atom is -0.616 e. The van der Waals surface area contributed by atoms with E-state index in [0.717, 1.165) is 47.3 Å². The molecule has 202 valence electrons. The van der Waals surface area contributed by atoms with Gasteiger partial charge in [0.15, 0.2) is 10.8 Å². The number of aromatic amines is 1. The number of Topliss-reactive ketones (excluding diaryl/α,β-unsaturated/α-hetero) is 1. The Morgan fingerprint density at radius 3 is 2.79 bits per heavy atom. The third-order valence-electron chi connectivity index (χ3n) is 6.40. The molecule has 1 saturated heterocycles. The van der Waals surface area contributed by atoms with Gasteiger partial charge >= 0.3 is 0 Å². The maximum atomic E-state index is 13.4.